The van der Waals surface area contributed by atoms with E-state index in [2.05, 4.69) is 54.4 Å². The van der Waals surface area contributed by atoms with Gasteiger partial charge in [0.05, 0.1) is 0 Å². The molecule has 2 nitrogen and oxygen atoms in total. The molecule has 0 amide bonds. The molecule has 106 valence electrons. The molecule has 1 aliphatic rings. The van der Waals surface area contributed by atoms with Gasteiger partial charge in [0.15, 0.2) is 0 Å². The van der Waals surface area contributed by atoms with Crippen LogP contribution >= 0.6 is 0 Å². The van der Waals surface area contributed by atoms with E-state index in [1.807, 2.05) is 0 Å². The van der Waals surface area contributed by atoms with Crippen LogP contribution in [0.2, 0.25) is 0 Å². The molecule has 0 saturated carbocycles. The third-order valence-electron chi connectivity index (χ3n) is 4.20. The molecule has 1 saturated heterocycles. The van der Waals surface area contributed by atoms with Gasteiger partial charge in [-0.3, -0.25) is 4.90 Å². The molecule has 19 heavy (non-hydrogen) atoms. The maximum atomic E-state index is 3.73. The van der Waals surface area contributed by atoms with Crippen LogP contribution in [0.1, 0.15) is 38.7 Å². The number of nitrogens with one attached hydrogen (secondary N) is 1. The fourth-order valence-corrected chi connectivity index (χ4v) is 2.91. The van der Waals surface area contributed by atoms with Gasteiger partial charge >= 0.3 is 0 Å². The number of hydrogen-bond donors (Lipinski definition) is 1. The zero-order chi connectivity index (χ0) is 13.5. The molecule has 1 aliphatic heterocycles. The van der Waals surface area contributed by atoms with E-state index in [4.69, 9.17) is 0 Å². The number of rotatable bonds is 5. The monoisotopic (exact) mass is 260 g/mol. The van der Waals surface area contributed by atoms with Crippen LogP contribution < -0.4 is 5.32 Å². The van der Waals surface area contributed by atoms with Crippen molar-refractivity contribution in [3.05, 3.63) is 35.9 Å². The van der Waals surface area contributed by atoms with Crippen LogP contribution in [0.3, 0.4) is 0 Å². The standard InChI is InChI=1S/C17H28N2/c1-3-4-12-19-14-17(18-11-10-15(19)2)13-16-8-6-5-7-9-16/h5-9,15,17-18H,3-4,10-14H2,1-2H3. The van der Waals surface area contributed by atoms with Gasteiger partial charge in [-0.25, -0.2) is 0 Å². The third kappa shape index (κ3) is 4.63. The SMILES string of the molecule is CCCCN1CC(Cc2ccccc2)NCCC1C. The Morgan fingerprint density at radius 2 is 2.05 bits per heavy atom. The van der Waals surface area contributed by atoms with Crippen molar-refractivity contribution >= 4 is 0 Å². The number of hydrogen-bond acceptors (Lipinski definition) is 2. The minimum Gasteiger partial charge on any atom is -0.312 e. The molecule has 1 aromatic rings. The summed E-state index contributed by atoms with van der Waals surface area (Å²) in [6.07, 6.45) is 5.04. The zero-order valence-corrected chi connectivity index (χ0v) is 12.4. The molecule has 0 radical (unpaired) electrons. The highest BCUT2D eigenvalue weighted by atomic mass is 15.2. The quantitative estimate of drug-likeness (QED) is 0.875. The van der Waals surface area contributed by atoms with Gasteiger partial charge in [-0.1, -0.05) is 43.7 Å². The number of nitrogens with zero attached hydrogens (tertiary/aromatic N) is 1. The Kier molecular flexibility index (Phi) is 5.87. The fraction of sp³-hybridized carbons (Fsp3) is 0.647. The molecule has 1 heterocycles. The predicted octanol–water partition coefficient (Wildman–Crippen LogP) is 3.08. The van der Waals surface area contributed by atoms with Gasteiger partial charge in [0.2, 0.25) is 0 Å². The molecule has 1 N–H and O–H groups in total. The van der Waals surface area contributed by atoms with Crippen LogP contribution in [0.4, 0.5) is 0 Å². The van der Waals surface area contributed by atoms with Crippen molar-refractivity contribution in [3.63, 3.8) is 0 Å². The van der Waals surface area contributed by atoms with E-state index in [0.717, 1.165) is 19.0 Å². The smallest absolute Gasteiger partial charge is 0.0235 e. The average Bonchev–Trinajstić information content (AvgIpc) is 2.60. The Bertz CT molecular complexity index is 350. The van der Waals surface area contributed by atoms with Crippen molar-refractivity contribution in [2.75, 3.05) is 19.6 Å². The van der Waals surface area contributed by atoms with Gasteiger partial charge in [0.25, 0.3) is 0 Å². The third-order valence-corrected chi connectivity index (χ3v) is 4.20. The van der Waals surface area contributed by atoms with Crippen molar-refractivity contribution in [2.24, 2.45) is 0 Å². The molecule has 1 fully saturated rings. The Morgan fingerprint density at radius 1 is 1.26 bits per heavy atom. The summed E-state index contributed by atoms with van der Waals surface area (Å²) in [6.45, 7) is 8.26. The normalized spacial score (nSPS) is 25.2. The first kappa shape index (κ1) is 14.5. The molecule has 0 aliphatic carbocycles. The Balaban J connectivity index is 1.93. The van der Waals surface area contributed by atoms with E-state index in [9.17, 15) is 0 Å². The van der Waals surface area contributed by atoms with E-state index < -0.39 is 0 Å². The highest BCUT2D eigenvalue weighted by molar-refractivity contribution is 5.16. The highest BCUT2D eigenvalue weighted by Crippen LogP contribution is 2.13. The lowest BCUT2D eigenvalue weighted by molar-refractivity contribution is 0.201. The first-order valence-corrected chi connectivity index (χ1v) is 7.81. The van der Waals surface area contributed by atoms with Gasteiger partial charge in [0.1, 0.15) is 0 Å². The van der Waals surface area contributed by atoms with Crippen molar-refractivity contribution in [1.29, 1.82) is 0 Å². The molecule has 2 atom stereocenters. The second-order valence-corrected chi connectivity index (χ2v) is 5.83. The maximum absolute atomic E-state index is 3.73. The van der Waals surface area contributed by atoms with E-state index in [1.54, 1.807) is 0 Å². The average molecular weight is 260 g/mol. The number of unbranched alkanes of at least 4 members (excludes halogenated alkanes) is 1. The minimum atomic E-state index is 0.601. The molecule has 1 aromatic carbocycles. The van der Waals surface area contributed by atoms with Crippen LogP contribution in [0, 0.1) is 0 Å². The van der Waals surface area contributed by atoms with Gasteiger partial charge in [0, 0.05) is 18.6 Å². The second-order valence-electron chi connectivity index (χ2n) is 5.83. The van der Waals surface area contributed by atoms with Crippen LogP contribution in [0.5, 0.6) is 0 Å². The molecule has 2 unspecified atom stereocenters. The maximum Gasteiger partial charge on any atom is 0.0235 e. The summed E-state index contributed by atoms with van der Waals surface area (Å²) in [5.74, 6) is 0. The number of benzene rings is 1. The Hall–Kier alpha value is -0.860. The van der Waals surface area contributed by atoms with Crippen molar-refractivity contribution in [1.82, 2.24) is 10.2 Å². The summed E-state index contributed by atoms with van der Waals surface area (Å²) in [7, 11) is 0. The first-order chi connectivity index (χ1) is 9.29. The van der Waals surface area contributed by atoms with Crippen LogP contribution in [0.15, 0.2) is 30.3 Å². The zero-order valence-electron chi connectivity index (χ0n) is 12.4. The van der Waals surface area contributed by atoms with Gasteiger partial charge < -0.3 is 5.32 Å². The molecular weight excluding hydrogens is 232 g/mol. The van der Waals surface area contributed by atoms with Crippen LogP contribution in [-0.4, -0.2) is 36.6 Å². The summed E-state index contributed by atoms with van der Waals surface area (Å²) in [5, 5.41) is 3.73. The molecule has 2 rings (SSSR count). The Morgan fingerprint density at radius 3 is 2.79 bits per heavy atom. The predicted molar refractivity (Wildman–Crippen MR) is 82.5 cm³/mol. The van der Waals surface area contributed by atoms with Crippen molar-refractivity contribution in [3.8, 4) is 0 Å². The van der Waals surface area contributed by atoms with E-state index in [-0.39, 0.29) is 0 Å². The summed E-state index contributed by atoms with van der Waals surface area (Å²) in [6, 6.07) is 12.2. The highest BCUT2D eigenvalue weighted by Gasteiger charge is 2.22. The fourth-order valence-electron chi connectivity index (χ4n) is 2.91. The lowest BCUT2D eigenvalue weighted by Crippen LogP contribution is -2.41. The molecule has 0 aromatic heterocycles. The van der Waals surface area contributed by atoms with Crippen molar-refractivity contribution < 1.29 is 0 Å². The molecule has 0 bridgehead atoms. The van der Waals surface area contributed by atoms with Crippen LogP contribution in [0.25, 0.3) is 0 Å². The van der Waals surface area contributed by atoms with E-state index >= 15 is 0 Å². The minimum absolute atomic E-state index is 0.601. The van der Waals surface area contributed by atoms with Gasteiger partial charge in [-0.05, 0) is 44.8 Å². The van der Waals surface area contributed by atoms with Crippen molar-refractivity contribution in [2.45, 2.75) is 51.6 Å². The first-order valence-electron chi connectivity index (χ1n) is 7.81. The van der Waals surface area contributed by atoms with Gasteiger partial charge in [-0.15, -0.1) is 0 Å². The topological polar surface area (TPSA) is 15.3 Å². The molecular formula is C17H28N2. The van der Waals surface area contributed by atoms with Gasteiger partial charge in [-0.2, -0.15) is 0 Å². The summed E-state index contributed by atoms with van der Waals surface area (Å²) in [5.41, 5.74) is 1.45. The van der Waals surface area contributed by atoms with E-state index in [1.165, 1.54) is 37.9 Å². The lowest BCUT2D eigenvalue weighted by Gasteiger charge is -2.29. The summed E-state index contributed by atoms with van der Waals surface area (Å²) < 4.78 is 0. The molecule has 2 heteroatoms. The molecule has 0 spiro atoms. The van der Waals surface area contributed by atoms with E-state index in [0.29, 0.717) is 6.04 Å². The summed E-state index contributed by atoms with van der Waals surface area (Å²) in [4.78, 5) is 2.68. The van der Waals surface area contributed by atoms with Crippen LogP contribution in [-0.2, 0) is 6.42 Å². The summed E-state index contributed by atoms with van der Waals surface area (Å²) >= 11 is 0. The largest absolute Gasteiger partial charge is 0.312 e. The Labute approximate surface area is 118 Å². The lowest BCUT2D eigenvalue weighted by atomic mass is 10.1. The second kappa shape index (κ2) is 7.66.